The Labute approximate surface area is 128 Å². The van der Waals surface area contributed by atoms with Crippen molar-refractivity contribution in [1.29, 1.82) is 0 Å². The molecule has 0 spiro atoms. The van der Waals surface area contributed by atoms with Gasteiger partial charge in [-0.3, -0.25) is 0 Å². The second kappa shape index (κ2) is 6.06. The molecule has 0 saturated heterocycles. The topological polar surface area (TPSA) is 50.4 Å². The van der Waals surface area contributed by atoms with Crippen LogP contribution in [0, 0.1) is 0 Å². The fraction of sp³-hybridized carbons (Fsp3) is 0.188. The van der Waals surface area contributed by atoms with Crippen LogP contribution in [0.15, 0.2) is 48.5 Å². The Hall–Kier alpha value is -2.20. The summed E-state index contributed by atoms with van der Waals surface area (Å²) in [6.07, 6.45) is 0. The van der Waals surface area contributed by atoms with Gasteiger partial charge in [-0.05, 0) is 24.3 Å². The third kappa shape index (κ3) is 3.28. The average Bonchev–Trinajstić information content (AvgIpc) is 2.88. The number of nitrogens with one attached hydrogen (secondary N) is 2. The number of amides is 2. The van der Waals surface area contributed by atoms with Crippen LogP contribution < -0.4 is 15.4 Å². The van der Waals surface area contributed by atoms with Gasteiger partial charge in [0.05, 0.1) is 6.61 Å². The van der Waals surface area contributed by atoms with Gasteiger partial charge in [0.2, 0.25) is 0 Å². The van der Waals surface area contributed by atoms with Crippen LogP contribution >= 0.6 is 11.6 Å². The highest BCUT2D eigenvalue weighted by Gasteiger charge is 2.23. The van der Waals surface area contributed by atoms with Crippen molar-refractivity contribution >= 4 is 23.3 Å². The third-order valence-corrected chi connectivity index (χ3v) is 3.63. The van der Waals surface area contributed by atoms with Gasteiger partial charge in [-0.25, -0.2) is 4.79 Å². The normalized spacial score (nSPS) is 16.0. The molecule has 1 atom stereocenters. The van der Waals surface area contributed by atoms with Crippen molar-refractivity contribution in [2.24, 2.45) is 0 Å². The highest BCUT2D eigenvalue weighted by Crippen LogP contribution is 2.32. The zero-order valence-corrected chi connectivity index (χ0v) is 12.1. The standard InChI is InChI=1S/C16H15ClN2O2/c17-12-4-3-5-13(8-12)19-16(20)18-9-11-10-21-15-7-2-1-6-14(11)15/h1-8,11H,9-10H2,(H2,18,19,20). The summed E-state index contributed by atoms with van der Waals surface area (Å²) < 4.78 is 5.59. The summed E-state index contributed by atoms with van der Waals surface area (Å²) in [7, 11) is 0. The molecule has 0 radical (unpaired) electrons. The molecule has 0 bridgehead atoms. The second-order valence-electron chi connectivity index (χ2n) is 4.89. The van der Waals surface area contributed by atoms with Crippen molar-refractivity contribution in [1.82, 2.24) is 5.32 Å². The van der Waals surface area contributed by atoms with E-state index < -0.39 is 0 Å². The minimum Gasteiger partial charge on any atom is -0.493 e. The number of ether oxygens (including phenoxy) is 1. The molecule has 21 heavy (non-hydrogen) atoms. The van der Waals surface area contributed by atoms with Crippen molar-refractivity contribution in [3.63, 3.8) is 0 Å². The van der Waals surface area contributed by atoms with Crippen LogP contribution in [0.25, 0.3) is 0 Å². The third-order valence-electron chi connectivity index (χ3n) is 3.39. The van der Waals surface area contributed by atoms with Gasteiger partial charge in [0.1, 0.15) is 5.75 Å². The summed E-state index contributed by atoms with van der Waals surface area (Å²) in [4.78, 5) is 11.9. The molecule has 1 aliphatic heterocycles. The molecule has 2 aromatic carbocycles. The van der Waals surface area contributed by atoms with Crippen LogP contribution in [0.3, 0.4) is 0 Å². The summed E-state index contributed by atoms with van der Waals surface area (Å²) >= 11 is 5.88. The molecule has 4 nitrogen and oxygen atoms in total. The van der Waals surface area contributed by atoms with Crippen molar-refractivity contribution in [3.05, 3.63) is 59.1 Å². The smallest absolute Gasteiger partial charge is 0.319 e. The van der Waals surface area contributed by atoms with Gasteiger partial charge >= 0.3 is 6.03 Å². The Kier molecular flexibility index (Phi) is 3.97. The first kappa shape index (κ1) is 13.8. The molecule has 3 rings (SSSR count). The van der Waals surface area contributed by atoms with Gasteiger partial charge in [-0.15, -0.1) is 0 Å². The number of para-hydroxylation sites is 1. The lowest BCUT2D eigenvalue weighted by Crippen LogP contribution is -2.32. The maximum Gasteiger partial charge on any atom is 0.319 e. The molecule has 1 aliphatic rings. The maximum atomic E-state index is 11.9. The molecule has 1 unspecified atom stereocenters. The summed E-state index contributed by atoms with van der Waals surface area (Å²) in [5.74, 6) is 1.09. The summed E-state index contributed by atoms with van der Waals surface area (Å²) in [5.41, 5.74) is 1.81. The lowest BCUT2D eigenvalue weighted by Gasteiger charge is -2.11. The molecular formula is C16H15ClN2O2. The zero-order chi connectivity index (χ0) is 14.7. The maximum absolute atomic E-state index is 11.9. The average molecular weight is 303 g/mol. The van der Waals surface area contributed by atoms with Crippen molar-refractivity contribution < 1.29 is 9.53 Å². The van der Waals surface area contributed by atoms with Crippen LogP contribution in [0.1, 0.15) is 11.5 Å². The van der Waals surface area contributed by atoms with E-state index in [1.54, 1.807) is 24.3 Å². The molecule has 2 aromatic rings. The van der Waals surface area contributed by atoms with E-state index in [1.807, 2.05) is 24.3 Å². The highest BCUT2D eigenvalue weighted by molar-refractivity contribution is 6.30. The number of rotatable bonds is 3. The van der Waals surface area contributed by atoms with Crippen LogP contribution in [0.4, 0.5) is 10.5 Å². The lowest BCUT2D eigenvalue weighted by molar-refractivity contribution is 0.250. The minimum absolute atomic E-state index is 0.186. The predicted octanol–water partition coefficient (Wildman–Crippen LogP) is 3.64. The molecule has 108 valence electrons. The predicted molar refractivity (Wildman–Crippen MR) is 83.2 cm³/mol. The highest BCUT2D eigenvalue weighted by atomic mass is 35.5. The van der Waals surface area contributed by atoms with Gasteiger partial charge < -0.3 is 15.4 Å². The van der Waals surface area contributed by atoms with Gasteiger partial charge in [-0.2, -0.15) is 0 Å². The Morgan fingerprint density at radius 3 is 2.95 bits per heavy atom. The van der Waals surface area contributed by atoms with E-state index in [9.17, 15) is 4.79 Å². The number of carbonyl (C=O) groups excluding carboxylic acids is 1. The van der Waals surface area contributed by atoms with Crippen LogP contribution in [-0.4, -0.2) is 19.2 Å². The Morgan fingerprint density at radius 1 is 1.24 bits per heavy atom. The van der Waals surface area contributed by atoms with Crippen molar-refractivity contribution in [2.45, 2.75) is 5.92 Å². The SMILES string of the molecule is O=C(NCC1COc2ccccc21)Nc1cccc(Cl)c1. The van der Waals surface area contributed by atoms with E-state index in [0.29, 0.717) is 23.9 Å². The van der Waals surface area contributed by atoms with Crippen molar-refractivity contribution in [2.75, 3.05) is 18.5 Å². The number of hydrogen-bond acceptors (Lipinski definition) is 2. The van der Waals surface area contributed by atoms with E-state index in [0.717, 1.165) is 11.3 Å². The molecule has 1 heterocycles. The number of hydrogen-bond donors (Lipinski definition) is 2. The Morgan fingerprint density at radius 2 is 2.10 bits per heavy atom. The van der Waals surface area contributed by atoms with E-state index >= 15 is 0 Å². The van der Waals surface area contributed by atoms with E-state index in [1.165, 1.54) is 0 Å². The summed E-state index contributed by atoms with van der Waals surface area (Å²) in [5, 5.41) is 6.20. The number of halogens is 1. The summed E-state index contributed by atoms with van der Waals surface area (Å²) in [6.45, 7) is 1.13. The van der Waals surface area contributed by atoms with Gasteiger partial charge in [0, 0.05) is 28.7 Å². The first-order chi connectivity index (χ1) is 10.2. The number of benzene rings is 2. The number of carbonyl (C=O) groups is 1. The second-order valence-corrected chi connectivity index (χ2v) is 5.33. The molecule has 5 heteroatoms. The first-order valence-electron chi connectivity index (χ1n) is 6.74. The Bertz CT molecular complexity index is 660. The quantitative estimate of drug-likeness (QED) is 0.909. The largest absolute Gasteiger partial charge is 0.493 e. The lowest BCUT2D eigenvalue weighted by atomic mass is 10.0. The minimum atomic E-state index is -0.248. The molecule has 2 amide bonds. The van der Waals surface area contributed by atoms with Crippen LogP contribution in [0.5, 0.6) is 5.75 Å². The molecule has 0 aliphatic carbocycles. The zero-order valence-electron chi connectivity index (χ0n) is 11.3. The molecular weight excluding hydrogens is 288 g/mol. The molecule has 2 N–H and O–H groups in total. The molecule has 0 aromatic heterocycles. The monoisotopic (exact) mass is 302 g/mol. The van der Waals surface area contributed by atoms with Gasteiger partial charge in [-0.1, -0.05) is 35.9 Å². The number of urea groups is 1. The number of anilines is 1. The fourth-order valence-corrected chi connectivity index (χ4v) is 2.55. The van der Waals surface area contributed by atoms with Gasteiger partial charge in [0.25, 0.3) is 0 Å². The molecule has 0 fully saturated rings. The summed E-state index contributed by atoms with van der Waals surface area (Å²) in [6, 6.07) is 14.7. The number of fused-ring (bicyclic) bond motifs is 1. The van der Waals surface area contributed by atoms with Crippen molar-refractivity contribution in [3.8, 4) is 5.75 Å². The van der Waals surface area contributed by atoms with E-state index in [-0.39, 0.29) is 11.9 Å². The van der Waals surface area contributed by atoms with E-state index in [4.69, 9.17) is 16.3 Å². The van der Waals surface area contributed by atoms with E-state index in [2.05, 4.69) is 10.6 Å². The molecule has 0 saturated carbocycles. The first-order valence-corrected chi connectivity index (χ1v) is 7.12. The fourth-order valence-electron chi connectivity index (χ4n) is 2.36. The van der Waals surface area contributed by atoms with Crippen LogP contribution in [0.2, 0.25) is 5.02 Å². The Balaban J connectivity index is 1.55. The van der Waals surface area contributed by atoms with Crippen LogP contribution in [-0.2, 0) is 0 Å². The van der Waals surface area contributed by atoms with Gasteiger partial charge in [0.15, 0.2) is 0 Å².